The Morgan fingerprint density at radius 1 is 1.24 bits per heavy atom. The van der Waals surface area contributed by atoms with Crippen LogP contribution in [0.1, 0.15) is 17.3 Å². The summed E-state index contributed by atoms with van der Waals surface area (Å²) in [5.41, 5.74) is 0.624. The molecule has 2 aromatic carbocycles. The summed E-state index contributed by atoms with van der Waals surface area (Å²) in [5, 5.41) is 2.04. The number of rotatable bonds is 5. The van der Waals surface area contributed by atoms with Gasteiger partial charge in [-0.1, -0.05) is 30.3 Å². The largest absolute Gasteiger partial charge is 0.490 e. The average molecular weight is 280 g/mol. The van der Waals surface area contributed by atoms with Crippen molar-refractivity contribution in [3.8, 4) is 5.75 Å². The van der Waals surface area contributed by atoms with Crippen molar-refractivity contribution >= 4 is 16.6 Å². The zero-order valence-corrected chi connectivity index (χ0v) is 11.8. The van der Waals surface area contributed by atoms with E-state index in [1.165, 1.54) is 0 Å². The Labute approximate surface area is 123 Å². The second kappa shape index (κ2) is 5.79. The number of hydrogen-bond donors (Lipinski definition) is 0. The summed E-state index contributed by atoms with van der Waals surface area (Å²) in [6, 6.07) is 11.7. The molecule has 0 unspecified atom stereocenters. The van der Waals surface area contributed by atoms with E-state index in [0.717, 1.165) is 10.8 Å². The maximum Gasteiger partial charge on any atom is 0.163 e. The van der Waals surface area contributed by atoms with Gasteiger partial charge in [0.15, 0.2) is 5.78 Å². The molecule has 4 heteroatoms. The van der Waals surface area contributed by atoms with Gasteiger partial charge in [0.2, 0.25) is 0 Å². The van der Waals surface area contributed by atoms with Gasteiger partial charge in [0, 0.05) is 17.8 Å². The molecule has 0 bridgehead atoms. The minimum absolute atomic E-state index is 0.0124. The van der Waals surface area contributed by atoms with Gasteiger partial charge in [0.1, 0.15) is 12.4 Å². The molecule has 3 aromatic rings. The van der Waals surface area contributed by atoms with Crippen LogP contribution in [0.5, 0.6) is 5.75 Å². The van der Waals surface area contributed by atoms with Gasteiger partial charge >= 0.3 is 0 Å². The van der Waals surface area contributed by atoms with Crippen molar-refractivity contribution < 1.29 is 9.53 Å². The van der Waals surface area contributed by atoms with Crippen molar-refractivity contribution in [3.05, 3.63) is 60.7 Å². The molecule has 0 aliphatic heterocycles. The van der Waals surface area contributed by atoms with E-state index in [-0.39, 0.29) is 5.78 Å². The number of Topliss-reactive ketones (excluding diaryl/α,β-unsaturated/α-hetero) is 1. The molecule has 3 rings (SSSR count). The standard InChI is InChI=1S/C17H16N2O2/c1-13(20)15-7-6-14-4-2-3-5-16(14)17(15)21-11-10-19-9-8-18-12-19/h2-9,12H,10-11H2,1H3. The predicted molar refractivity (Wildman–Crippen MR) is 81.7 cm³/mol. The SMILES string of the molecule is CC(=O)c1ccc2ccccc2c1OCCn1ccnc1. The number of fused-ring (bicyclic) bond motifs is 1. The third-order valence-electron chi connectivity index (χ3n) is 3.41. The molecular weight excluding hydrogens is 264 g/mol. The van der Waals surface area contributed by atoms with Gasteiger partial charge in [0.05, 0.1) is 18.4 Å². The molecule has 1 aromatic heterocycles. The highest BCUT2D eigenvalue weighted by molar-refractivity contribution is 6.03. The number of nitrogens with zero attached hydrogens (tertiary/aromatic N) is 2. The highest BCUT2D eigenvalue weighted by Gasteiger charge is 2.12. The number of aromatic nitrogens is 2. The molecule has 0 spiro atoms. The van der Waals surface area contributed by atoms with E-state index in [4.69, 9.17) is 4.74 Å². The molecule has 0 saturated carbocycles. The summed E-state index contributed by atoms with van der Waals surface area (Å²) >= 11 is 0. The number of ether oxygens (including phenoxy) is 1. The van der Waals surface area contributed by atoms with E-state index >= 15 is 0 Å². The van der Waals surface area contributed by atoms with Gasteiger partial charge in [-0.3, -0.25) is 4.79 Å². The van der Waals surface area contributed by atoms with Gasteiger partial charge in [-0.25, -0.2) is 4.98 Å². The molecule has 106 valence electrons. The van der Waals surface area contributed by atoms with Crippen LogP contribution in [0.25, 0.3) is 10.8 Å². The summed E-state index contributed by atoms with van der Waals surface area (Å²) in [7, 11) is 0. The van der Waals surface area contributed by atoms with Crippen LogP contribution in [0.2, 0.25) is 0 Å². The Morgan fingerprint density at radius 3 is 2.86 bits per heavy atom. The zero-order valence-electron chi connectivity index (χ0n) is 11.8. The number of hydrogen-bond acceptors (Lipinski definition) is 3. The van der Waals surface area contributed by atoms with Crippen molar-refractivity contribution in [1.29, 1.82) is 0 Å². The summed E-state index contributed by atoms with van der Waals surface area (Å²) in [5.74, 6) is 0.680. The zero-order chi connectivity index (χ0) is 14.7. The highest BCUT2D eigenvalue weighted by atomic mass is 16.5. The summed E-state index contributed by atoms with van der Waals surface area (Å²) in [6.45, 7) is 2.75. The fourth-order valence-corrected chi connectivity index (χ4v) is 2.35. The number of imidazole rings is 1. The van der Waals surface area contributed by atoms with Gasteiger partial charge in [-0.15, -0.1) is 0 Å². The molecule has 21 heavy (non-hydrogen) atoms. The van der Waals surface area contributed by atoms with E-state index in [0.29, 0.717) is 24.5 Å². The molecule has 0 fully saturated rings. The summed E-state index contributed by atoms with van der Waals surface area (Å²) < 4.78 is 7.86. The lowest BCUT2D eigenvalue weighted by Gasteiger charge is -2.13. The van der Waals surface area contributed by atoms with Crippen LogP contribution < -0.4 is 4.74 Å². The number of benzene rings is 2. The third-order valence-corrected chi connectivity index (χ3v) is 3.41. The molecule has 4 nitrogen and oxygen atoms in total. The fourth-order valence-electron chi connectivity index (χ4n) is 2.35. The van der Waals surface area contributed by atoms with Crippen LogP contribution >= 0.6 is 0 Å². The summed E-state index contributed by atoms with van der Waals surface area (Å²) in [6.07, 6.45) is 5.37. The molecule has 0 saturated heterocycles. The molecule has 0 N–H and O–H groups in total. The number of ketones is 1. The Bertz CT molecular complexity index is 764. The third kappa shape index (κ3) is 2.79. The molecule has 0 atom stereocenters. The van der Waals surface area contributed by atoms with Crippen LogP contribution in [-0.2, 0) is 6.54 Å². The second-order valence-corrected chi connectivity index (χ2v) is 4.87. The first-order valence-electron chi connectivity index (χ1n) is 6.87. The first-order chi connectivity index (χ1) is 10.3. The second-order valence-electron chi connectivity index (χ2n) is 4.87. The van der Waals surface area contributed by atoms with Gasteiger partial charge < -0.3 is 9.30 Å². The smallest absolute Gasteiger partial charge is 0.163 e. The molecule has 0 radical (unpaired) electrons. The normalized spacial score (nSPS) is 10.7. The first-order valence-corrected chi connectivity index (χ1v) is 6.87. The van der Waals surface area contributed by atoms with Crippen LogP contribution in [0.3, 0.4) is 0 Å². The molecular formula is C17H16N2O2. The Morgan fingerprint density at radius 2 is 2.10 bits per heavy atom. The predicted octanol–water partition coefficient (Wildman–Crippen LogP) is 3.32. The van der Waals surface area contributed by atoms with Crippen LogP contribution in [0, 0.1) is 0 Å². The van der Waals surface area contributed by atoms with Crippen molar-refractivity contribution in [2.45, 2.75) is 13.5 Å². The van der Waals surface area contributed by atoms with E-state index in [1.54, 1.807) is 19.4 Å². The highest BCUT2D eigenvalue weighted by Crippen LogP contribution is 2.30. The van der Waals surface area contributed by atoms with Gasteiger partial charge in [0.25, 0.3) is 0 Å². The van der Waals surface area contributed by atoms with Crippen LogP contribution in [-0.4, -0.2) is 21.9 Å². The van der Waals surface area contributed by atoms with E-state index < -0.39 is 0 Å². The van der Waals surface area contributed by atoms with Crippen LogP contribution in [0.15, 0.2) is 55.1 Å². The minimum atomic E-state index is 0.0124. The van der Waals surface area contributed by atoms with E-state index in [9.17, 15) is 4.79 Å². The van der Waals surface area contributed by atoms with Crippen molar-refractivity contribution in [3.63, 3.8) is 0 Å². The van der Waals surface area contributed by atoms with Crippen molar-refractivity contribution in [2.75, 3.05) is 6.61 Å². The molecule has 0 aliphatic carbocycles. The van der Waals surface area contributed by atoms with Crippen molar-refractivity contribution in [1.82, 2.24) is 9.55 Å². The molecule has 1 heterocycles. The quantitative estimate of drug-likeness (QED) is 0.673. The van der Waals surface area contributed by atoms with Gasteiger partial charge in [-0.2, -0.15) is 0 Å². The Hall–Kier alpha value is -2.62. The maximum atomic E-state index is 11.8. The molecule has 0 aliphatic rings. The maximum absolute atomic E-state index is 11.8. The lowest BCUT2D eigenvalue weighted by atomic mass is 10.0. The number of carbonyl (C=O) groups excluding carboxylic acids is 1. The first kappa shape index (κ1) is 13.4. The lowest BCUT2D eigenvalue weighted by Crippen LogP contribution is -2.09. The lowest BCUT2D eigenvalue weighted by molar-refractivity contribution is 0.101. The Kier molecular flexibility index (Phi) is 3.69. The fraction of sp³-hybridized carbons (Fsp3) is 0.176. The molecule has 0 amide bonds. The minimum Gasteiger partial charge on any atom is -0.490 e. The summed E-state index contributed by atoms with van der Waals surface area (Å²) in [4.78, 5) is 15.8. The monoisotopic (exact) mass is 280 g/mol. The number of carbonyl (C=O) groups is 1. The van der Waals surface area contributed by atoms with E-state index in [1.807, 2.05) is 47.2 Å². The van der Waals surface area contributed by atoms with E-state index in [2.05, 4.69) is 4.98 Å². The Balaban J connectivity index is 1.90. The topological polar surface area (TPSA) is 44.1 Å². The average Bonchev–Trinajstić information content (AvgIpc) is 3.00. The van der Waals surface area contributed by atoms with Crippen LogP contribution in [0.4, 0.5) is 0 Å². The van der Waals surface area contributed by atoms with Crippen molar-refractivity contribution in [2.24, 2.45) is 0 Å². The van der Waals surface area contributed by atoms with Gasteiger partial charge in [-0.05, 0) is 18.4 Å².